The smallest absolute Gasteiger partial charge is 0.410 e. The Morgan fingerprint density at radius 3 is 2.75 bits per heavy atom. The molecule has 0 aromatic heterocycles. The third-order valence-corrected chi connectivity index (χ3v) is 3.21. The van der Waals surface area contributed by atoms with E-state index in [4.69, 9.17) is 4.74 Å². The van der Waals surface area contributed by atoms with E-state index in [-0.39, 0.29) is 12.4 Å². The average molecular weight is 281 g/mol. The van der Waals surface area contributed by atoms with Crippen LogP contribution in [0, 0.1) is 5.82 Å². The SMILES string of the molecule is CC(C)(C)OC(=O)N1CCc2c(CO)cc(F)cc2C1. The van der Waals surface area contributed by atoms with Crippen molar-refractivity contribution in [3.05, 3.63) is 34.6 Å². The van der Waals surface area contributed by atoms with Gasteiger partial charge in [0.2, 0.25) is 0 Å². The zero-order valence-electron chi connectivity index (χ0n) is 12.1. The van der Waals surface area contributed by atoms with E-state index in [1.54, 1.807) is 4.90 Å². The lowest BCUT2D eigenvalue weighted by Crippen LogP contribution is -2.40. The second-order valence-electron chi connectivity index (χ2n) is 6.01. The highest BCUT2D eigenvalue weighted by molar-refractivity contribution is 5.68. The molecule has 0 spiro atoms. The summed E-state index contributed by atoms with van der Waals surface area (Å²) in [4.78, 5) is 13.6. The maximum Gasteiger partial charge on any atom is 0.410 e. The monoisotopic (exact) mass is 281 g/mol. The zero-order valence-corrected chi connectivity index (χ0v) is 12.1. The number of hydrogen-bond donors (Lipinski definition) is 1. The van der Waals surface area contributed by atoms with Gasteiger partial charge < -0.3 is 14.7 Å². The Labute approximate surface area is 118 Å². The molecule has 0 radical (unpaired) electrons. The highest BCUT2D eigenvalue weighted by Gasteiger charge is 2.27. The van der Waals surface area contributed by atoms with Gasteiger partial charge in [0.15, 0.2) is 0 Å². The maximum atomic E-state index is 13.5. The van der Waals surface area contributed by atoms with Crippen LogP contribution in [0.1, 0.15) is 37.5 Å². The first-order valence-corrected chi connectivity index (χ1v) is 6.69. The molecule has 0 fully saturated rings. The Balaban J connectivity index is 2.19. The minimum Gasteiger partial charge on any atom is -0.444 e. The fraction of sp³-hybridized carbons (Fsp3) is 0.533. The van der Waals surface area contributed by atoms with Crippen molar-refractivity contribution in [3.8, 4) is 0 Å². The lowest BCUT2D eigenvalue weighted by molar-refractivity contribution is 0.0223. The number of nitrogens with zero attached hydrogens (tertiary/aromatic N) is 1. The minimum atomic E-state index is -0.546. The molecule has 1 N–H and O–H groups in total. The van der Waals surface area contributed by atoms with Gasteiger partial charge in [-0.3, -0.25) is 0 Å². The number of carbonyl (C=O) groups is 1. The average Bonchev–Trinajstić information content (AvgIpc) is 2.34. The van der Waals surface area contributed by atoms with Gasteiger partial charge in [-0.05, 0) is 56.0 Å². The van der Waals surface area contributed by atoms with Crippen LogP contribution in [0.15, 0.2) is 12.1 Å². The Morgan fingerprint density at radius 2 is 2.15 bits per heavy atom. The summed E-state index contributed by atoms with van der Waals surface area (Å²) < 4.78 is 18.8. The minimum absolute atomic E-state index is 0.188. The summed E-state index contributed by atoms with van der Waals surface area (Å²) in [5.74, 6) is -0.390. The molecule has 1 aliphatic rings. The molecule has 2 rings (SSSR count). The summed E-state index contributed by atoms with van der Waals surface area (Å²) >= 11 is 0. The second kappa shape index (κ2) is 5.40. The van der Waals surface area contributed by atoms with Crippen LogP contribution in [-0.4, -0.2) is 28.2 Å². The molecule has 0 aliphatic carbocycles. The molecule has 20 heavy (non-hydrogen) atoms. The summed E-state index contributed by atoms with van der Waals surface area (Å²) in [7, 11) is 0. The van der Waals surface area contributed by atoms with Gasteiger partial charge in [0.05, 0.1) is 6.61 Å². The molecule has 0 bridgehead atoms. The van der Waals surface area contributed by atoms with Crippen LogP contribution >= 0.6 is 0 Å². The van der Waals surface area contributed by atoms with Crippen LogP contribution in [0.25, 0.3) is 0 Å². The second-order valence-corrected chi connectivity index (χ2v) is 6.01. The fourth-order valence-corrected chi connectivity index (χ4v) is 2.37. The Bertz CT molecular complexity index is 523. The first kappa shape index (κ1) is 14.8. The van der Waals surface area contributed by atoms with Crippen molar-refractivity contribution < 1.29 is 19.0 Å². The molecule has 1 amide bonds. The quantitative estimate of drug-likeness (QED) is 0.861. The third-order valence-electron chi connectivity index (χ3n) is 3.21. The largest absolute Gasteiger partial charge is 0.444 e. The fourth-order valence-electron chi connectivity index (χ4n) is 2.37. The van der Waals surface area contributed by atoms with Crippen molar-refractivity contribution >= 4 is 6.09 Å². The molecule has 1 heterocycles. The van der Waals surface area contributed by atoms with Crippen molar-refractivity contribution in [2.45, 2.75) is 45.9 Å². The third kappa shape index (κ3) is 3.28. The van der Waals surface area contributed by atoms with E-state index >= 15 is 0 Å². The number of fused-ring (bicyclic) bond motifs is 1. The van der Waals surface area contributed by atoms with Crippen molar-refractivity contribution in [1.29, 1.82) is 0 Å². The molecule has 0 atom stereocenters. The van der Waals surface area contributed by atoms with E-state index in [0.29, 0.717) is 25.1 Å². The van der Waals surface area contributed by atoms with Gasteiger partial charge in [0.25, 0.3) is 0 Å². The predicted octanol–water partition coefficient (Wildman–Crippen LogP) is 2.61. The van der Waals surface area contributed by atoms with Crippen LogP contribution in [-0.2, 0) is 24.3 Å². The summed E-state index contributed by atoms with van der Waals surface area (Å²) in [6.07, 6.45) is 0.211. The molecule has 4 nitrogen and oxygen atoms in total. The number of amides is 1. The van der Waals surface area contributed by atoms with Gasteiger partial charge in [-0.1, -0.05) is 0 Å². The molecular formula is C15H20FNO3. The molecule has 0 saturated carbocycles. The maximum absolute atomic E-state index is 13.5. The first-order valence-electron chi connectivity index (χ1n) is 6.69. The van der Waals surface area contributed by atoms with Gasteiger partial charge in [0.1, 0.15) is 11.4 Å². The van der Waals surface area contributed by atoms with Gasteiger partial charge in [-0.2, -0.15) is 0 Å². The highest BCUT2D eigenvalue weighted by Crippen LogP contribution is 2.25. The first-order chi connectivity index (χ1) is 9.30. The number of ether oxygens (including phenoxy) is 1. The Kier molecular flexibility index (Phi) is 3.99. The summed E-state index contributed by atoms with van der Waals surface area (Å²) in [5.41, 5.74) is 1.74. The molecule has 0 saturated heterocycles. The molecule has 5 heteroatoms. The molecule has 1 aliphatic heterocycles. The number of aliphatic hydroxyl groups excluding tert-OH is 1. The van der Waals surface area contributed by atoms with E-state index in [0.717, 1.165) is 11.1 Å². The van der Waals surface area contributed by atoms with E-state index < -0.39 is 11.7 Å². The summed E-state index contributed by atoms with van der Waals surface area (Å²) in [5, 5.41) is 9.27. The molecule has 0 unspecified atom stereocenters. The van der Waals surface area contributed by atoms with Crippen LogP contribution in [0.3, 0.4) is 0 Å². The van der Waals surface area contributed by atoms with E-state index in [2.05, 4.69) is 0 Å². The van der Waals surface area contributed by atoms with Crippen molar-refractivity contribution in [3.63, 3.8) is 0 Å². The lowest BCUT2D eigenvalue weighted by Gasteiger charge is -2.32. The normalized spacial score (nSPS) is 14.9. The van der Waals surface area contributed by atoms with Crippen LogP contribution in [0.4, 0.5) is 9.18 Å². The highest BCUT2D eigenvalue weighted by atomic mass is 19.1. The Morgan fingerprint density at radius 1 is 1.45 bits per heavy atom. The lowest BCUT2D eigenvalue weighted by atomic mass is 9.95. The van der Waals surface area contributed by atoms with Gasteiger partial charge in [-0.15, -0.1) is 0 Å². The number of hydrogen-bond acceptors (Lipinski definition) is 3. The van der Waals surface area contributed by atoms with E-state index in [1.807, 2.05) is 20.8 Å². The molecule has 1 aromatic carbocycles. The van der Waals surface area contributed by atoms with Gasteiger partial charge in [0, 0.05) is 13.1 Å². The Hall–Kier alpha value is -1.62. The van der Waals surface area contributed by atoms with Crippen LogP contribution in [0.2, 0.25) is 0 Å². The predicted molar refractivity (Wildman–Crippen MR) is 72.7 cm³/mol. The van der Waals surface area contributed by atoms with Gasteiger partial charge >= 0.3 is 6.09 Å². The number of benzene rings is 1. The van der Waals surface area contributed by atoms with Crippen molar-refractivity contribution in [1.82, 2.24) is 4.90 Å². The topological polar surface area (TPSA) is 49.8 Å². The van der Waals surface area contributed by atoms with Crippen LogP contribution in [0.5, 0.6) is 0 Å². The summed E-state index contributed by atoms with van der Waals surface area (Å²) in [6.45, 7) is 6.08. The molecule has 110 valence electrons. The molecular weight excluding hydrogens is 261 g/mol. The van der Waals surface area contributed by atoms with Crippen LogP contribution < -0.4 is 0 Å². The van der Waals surface area contributed by atoms with Crippen molar-refractivity contribution in [2.24, 2.45) is 0 Å². The van der Waals surface area contributed by atoms with E-state index in [1.165, 1.54) is 12.1 Å². The zero-order chi connectivity index (χ0) is 14.9. The number of carbonyl (C=O) groups excluding carboxylic acids is 1. The molecule has 1 aromatic rings. The standard InChI is InChI=1S/C15H20FNO3/c1-15(2,3)20-14(19)17-5-4-13-10(8-17)6-12(16)7-11(13)9-18/h6-7,18H,4-5,8-9H2,1-3H3. The van der Waals surface area contributed by atoms with E-state index in [9.17, 15) is 14.3 Å². The number of rotatable bonds is 1. The summed E-state index contributed by atoms with van der Waals surface area (Å²) in [6, 6.07) is 2.77. The van der Waals surface area contributed by atoms with Gasteiger partial charge in [-0.25, -0.2) is 9.18 Å². The number of aliphatic hydroxyl groups is 1. The van der Waals surface area contributed by atoms with Crippen molar-refractivity contribution in [2.75, 3.05) is 6.54 Å². The number of halogens is 1.